The molecular formula is C26H33NO6. The number of aliphatic hydroxyl groups is 1. The first-order valence-corrected chi connectivity index (χ1v) is 11.3. The summed E-state index contributed by atoms with van der Waals surface area (Å²) in [5, 5.41) is 12.3. The van der Waals surface area contributed by atoms with Gasteiger partial charge in [0.15, 0.2) is 11.5 Å². The molecule has 3 rings (SSSR count). The van der Waals surface area contributed by atoms with E-state index in [1.807, 2.05) is 19.1 Å². The Hall–Kier alpha value is -3.06. The fraction of sp³-hybridized carbons (Fsp3) is 0.462. The second-order valence-corrected chi connectivity index (χ2v) is 8.61. The summed E-state index contributed by atoms with van der Waals surface area (Å²) in [7, 11) is 2.87. The van der Waals surface area contributed by atoms with Gasteiger partial charge in [0.05, 0.1) is 20.8 Å². The molecule has 0 bridgehead atoms. The summed E-state index contributed by atoms with van der Waals surface area (Å²) in [6, 6.07) is 13.2. The molecule has 2 aromatic rings. The number of esters is 1. The van der Waals surface area contributed by atoms with Crippen LogP contribution in [-0.4, -0.2) is 50.0 Å². The highest BCUT2D eigenvalue weighted by molar-refractivity contribution is 5.98. The molecule has 1 aliphatic carbocycles. The lowest BCUT2D eigenvalue weighted by Crippen LogP contribution is -2.57. The summed E-state index contributed by atoms with van der Waals surface area (Å²) in [6.45, 7) is 2.55. The summed E-state index contributed by atoms with van der Waals surface area (Å²) in [6.07, 6.45) is 2.85. The van der Waals surface area contributed by atoms with Gasteiger partial charge in [-0.05, 0) is 62.3 Å². The minimum absolute atomic E-state index is 0.0763. The topological polar surface area (TPSA) is 94.1 Å². The minimum Gasteiger partial charge on any atom is -0.493 e. The molecule has 0 spiro atoms. The number of aryl methyl sites for hydroxylation is 1. The van der Waals surface area contributed by atoms with Gasteiger partial charge < -0.3 is 24.6 Å². The molecule has 0 heterocycles. The van der Waals surface area contributed by atoms with Gasteiger partial charge in [0, 0.05) is 18.6 Å². The third-order valence-corrected chi connectivity index (χ3v) is 6.30. The maximum atomic E-state index is 13.1. The van der Waals surface area contributed by atoms with E-state index in [0.717, 1.165) is 6.42 Å². The van der Waals surface area contributed by atoms with Gasteiger partial charge in [-0.25, -0.2) is 4.79 Å². The quantitative estimate of drug-likeness (QED) is 0.563. The van der Waals surface area contributed by atoms with Crippen LogP contribution < -0.4 is 14.8 Å². The smallest absolute Gasteiger partial charge is 0.331 e. The molecule has 0 atom stereocenters. The molecule has 7 heteroatoms. The van der Waals surface area contributed by atoms with Crippen LogP contribution in [-0.2, 0) is 16.0 Å². The molecule has 1 saturated carbocycles. The molecule has 1 amide bonds. The van der Waals surface area contributed by atoms with Gasteiger partial charge in [0.2, 0.25) is 0 Å². The molecule has 1 fully saturated rings. The van der Waals surface area contributed by atoms with Gasteiger partial charge in [0.1, 0.15) is 5.54 Å². The Morgan fingerprint density at radius 3 is 2.48 bits per heavy atom. The molecule has 33 heavy (non-hydrogen) atoms. The van der Waals surface area contributed by atoms with Gasteiger partial charge in [-0.2, -0.15) is 0 Å². The number of nitrogens with one attached hydrogen (secondary N) is 1. The van der Waals surface area contributed by atoms with Gasteiger partial charge >= 0.3 is 5.97 Å². The normalized spacial score (nSPS) is 20.1. The maximum Gasteiger partial charge on any atom is 0.331 e. The van der Waals surface area contributed by atoms with Crippen molar-refractivity contribution >= 4 is 11.9 Å². The number of rotatable bonds is 9. The Balaban J connectivity index is 1.72. The molecule has 178 valence electrons. The molecule has 7 nitrogen and oxygen atoms in total. The van der Waals surface area contributed by atoms with Crippen molar-refractivity contribution in [2.75, 3.05) is 27.4 Å². The van der Waals surface area contributed by atoms with Gasteiger partial charge in [-0.15, -0.1) is 0 Å². The lowest BCUT2D eigenvalue weighted by Gasteiger charge is -2.38. The van der Waals surface area contributed by atoms with E-state index >= 15 is 0 Å². The van der Waals surface area contributed by atoms with Crippen molar-refractivity contribution < 1.29 is 28.9 Å². The van der Waals surface area contributed by atoms with Gasteiger partial charge in [-0.1, -0.05) is 29.8 Å². The zero-order chi connectivity index (χ0) is 23.8. The fourth-order valence-electron chi connectivity index (χ4n) is 4.30. The first kappa shape index (κ1) is 24.6. The van der Waals surface area contributed by atoms with Crippen LogP contribution in [0.3, 0.4) is 0 Å². The first-order valence-electron chi connectivity index (χ1n) is 11.3. The highest BCUT2D eigenvalue weighted by Gasteiger charge is 2.44. The number of carbonyl (C=O) groups is 2. The van der Waals surface area contributed by atoms with E-state index in [0.29, 0.717) is 49.4 Å². The minimum atomic E-state index is -1.09. The second-order valence-electron chi connectivity index (χ2n) is 8.61. The molecule has 1 aliphatic rings. The van der Waals surface area contributed by atoms with E-state index in [9.17, 15) is 14.7 Å². The summed E-state index contributed by atoms with van der Waals surface area (Å²) >= 11 is 0. The van der Waals surface area contributed by atoms with Crippen LogP contribution in [0.15, 0.2) is 42.5 Å². The van der Waals surface area contributed by atoms with Crippen LogP contribution in [0.4, 0.5) is 0 Å². The SMILES string of the molecule is COC(=O)C1(NC(=O)c2ccc(OC)c(OCCc3cccc(C)c3)c2)CCC(CO)CC1. The molecular weight excluding hydrogens is 422 g/mol. The standard InChI is InChI=1S/C26H33NO6/c1-18-5-4-6-19(15-18)11-14-33-23-16-21(7-8-22(23)31-2)24(29)27-26(25(30)32-3)12-9-20(17-28)10-13-26/h4-8,15-16,20,28H,9-14,17H2,1-3H3,(H,27,29). The number of hydrogen-bond donors (Lipinski definition) is 2. The van der Waals surface area contributed by atoms with E-state index in [-0.39, 0.29) is 18.4 Å². The van der Waals surface area contributed by atoms with Crippen LogP contribution in [0.25, 0.3) is 0 Å². The Labute approximate surface area is 195 Å². The molecule has 0 aliphatic heterocycles. The van der Waals surface area contributed by atoms with Crippen molar-refractivity contribution in [1.82, 2.24) is 5.32 Å². The number of carbonyl (C=O) groups excluding carboxylic acids is 2. The van der Waals surface area contributed by atoms with E-state index < -0.39 is 11.5 Å². The number of aliphatic hydroxyl groups excluding tert-OH is 1. The first-order chi connectivity index (χ1) is 15.9. The number of hydrogen-bond acceptors (Lipinski definition) is 6. The zero-order valence-corrected chi connectivity index (χ0v) is 19.6. The van der Waals surface area contributed by atoms with Crippen LogP contribution in [0.2, 0.25) is 0 Å². The van der Waals surface area contributed by atoms with Crippen molar-refractivity contribution in [2.24, 2.45) is 5.92 Å². The van der Waals surface area contributed by atoms with Crippen molar-refractivity contribution in [3.05, 3.63) is 59.2 Å². The lowest BCUT2D eigenvalue weighted by molar-refractivity contribution is -0.150. The van der Waals surface area contributed by atoms with Crippen molar-refractivity contribution in [3.63, 3.8) is 0 Å². The monoisotopic (exact) mass is 455 g/mol. The lowest BCUT2D eigenvalue weighted by atomic mass is 9.76. The third-order valence-electron chi connectivity index (χ3n) is 6.30. The maximum absolute atomic E-state index is 13.1. The number of benzene rings is 2. The van der Waals surface area contributed by atoms with Gasteiger partial charge in [0.25, 0.3) is 5.91 Å². The Bertz CT molecular complexity index is 965. The summed E-state index contributed by atoms with van der Waals surface area (Å²) in [5.41, 5.74) is 1.63. The van der Waals surface area contributed by atoms with Crippen LogP contribution in [0, 0.1) is 12.8 Å². The van der Waals surface area contributed by atoms with Crippen molar-refractivity contribution in [2.45, 2.75) is 44.6 Å². The van der Waals surface area contributed by atoms with Crippen LogP contribution in [0.1, 0.15) is 47.2 Å². The number of ether oxygens (including phenoxy) is 3. The molecule has 2 N–H and O–H groups in total. The van der Waals surface area contributed by atoms with E-state index in [2.05, 4.69) is 17.4 Å². The Morgan fingerprint density at radius 2 is 1.85 bits per heavy atom. The molecule has 0 saturated heterocycles. The predicted molar refractivity (Wildman–Crippen MR) is 125 cm³/mol. The van der Waals surface area contributed by atoms with Gasteiger partial charge in [-0.3, -0.25) is 4.79 Å². The fourth-order valence-corrected chi connectivity index (χ4v) is 4.30. The summed E-state index contributed by atoms with van der Waals surface area (Å²) in [5.74, 6) is 0.286. The highest BCUT2D eigenvalue weighted by Crippen LogP contribution is 2.34. The number of methoxy groups -OCH3 is 2. The largest absolute Gasteiger partial charge is 0.493 e. The highest BCUT2D eigenvalue weighted by atomic mass is 16.5. The van der Waals surface area contributed by atoms with E-state index in [4.69, 9.17) is 14.2 Å². The molecule has 0 unspecified atom stereocenters. The average molecular weight is 456 g/mol. The van der Waals surface area contributed by atoms with Crippen molar-refractivity contribution in [3.8, 4) is 11.5 Å². The third kappa shape index (κ3) is 6.05. The molecule has 0 radical (unpaired) electrons. The molecule has 2 aromatic carbocycles. The Kier molecular flexibility index (Phi) is 8.33. The van der Waals surface area contributed by atoms with Crippen molar-refractivity contribution in [1.29, 1.82) is 0 Å². The van der Waals surface area contributed by atoms with E-state index in [1.165, 1.54) is 18.2 Å². The number of amides is 1. The second kappa shape index (κ2) is 11.2. The zero-order valence-electron chi connectivity index (χ0n) is 19.6. The van der Waals surface area contributed by atoms with Crippen LogP contribution >= 0.6 is 0 Å². The molecule has 0 aromatic heterocycles. The summed E-state index contributed by atoms with van der Waals surface area (Å²) < 4.78 is 16.3. The average Bonchev–Trinajstić information content (AvgIpc) is 2.83. The summed E-state index contributed by atoms with van der Waals surface area (Å²) in [4.78, 5) is 25.7. The Morgan fingerprint density at radius 1 is 1.09 bits per heavy atom. The predicted octanol–water partition coefficient (Wildman–Crippen LogP) is 3.45. The van der Waals surface area contributed by atoms with Crippen LogP contribution in [0.5, 0.6) is 11.5 Å². The van der Waals surface area contributed by atoms with E-state index in [1.54, 1.807) is 25.3 Å².